The highest BCUT2D eigenvalue weighted by molar-refractivity contribution is 5.53. The van der Waals surface area contributed by atoms with Crippen LogP contribution in [0.1, 0.15) is 58.9 Å². The van der Waals surface area contributed by atoms with E-state index < -0.39 is 0 Å². The minimum atomic E-state index is 0.217. The summed E-state index contributed by atoms with van der Waals surface area (Å²) >= 11 is 0. The van der Waals surface area contributed by atoms with Crippen LogP contribution in [0.5, 0.6) is 5.75 Å². The van der Waals surface area contributed by atoms with Crippen LogP contribution in [0.2, 0.25) is 0 Å². The van der Waals surface area contributed by atoms with Gasteiger partial charge in [-0.3, -0.25) is 0 Å². The van der Waals surface area contributed by atoms with Gasteiger partial charge in [0.1, 0.15) is 12.4 Å². The number of nitrogens with zero attached hydrogens (tertiary/aromatic N) is 1. The number of ether oxygens (including phenoxy) is 2. The molecule has 0 saturated carbocycles. The van der Waals surface area contributed by atoms with Crippen molar-refractivity contribution in [3.63, 3.8) is 0 Å². The van der Waals surface area contributed by atoms with Crippen LogP contribution in [0.25, 0.3) is 0 Å². The maximum absolute atomic E-state index is 6.20. The Kier molecular flexibility index (Phi) is 6.17. The molecule has 3 nitrogen and oxygen atoms in total. The molecule has 0 bridgehead atoms. The van der Waals surface area contributed by atoms with Gasteiger partial charge in [-0.25, -0.2) is 0 Å². The van der Waals surface area contributed by atoms with E-state index in [4.69, 9.17) is 9.47 Å². The summed E-state index contributed by atoms with van der Waals surface area (Å²) in [4.78, 5) is 2.52. The fourth-order valence-electron chi connectivity index (χ4n) is 6.55. The van der Waals surface area contributed by atoms with Gasteiger partial charge in [0.15, 0.2) is 0 Å². The van der Waals surface area contributed by atoms with Gasteiger partial charge in [-0.05, 0) is 83.7 Å². The normalized spacial score (nSPS) is 21.6. The van der Waals surface area contributed by atoms with E-state index in [0.717, 1.165) is 51.1 Å². The lowest BCUT2D eigenvalue weighted by atomic mass is 9.69. The monoisotopic (exact) mass is 501 g/mol. The molecular weight excluding hydrogens is 466 g/mol. The van der Waals surface area contributed by atoms with Crippen LogP contribution in [0.4, 0.5) is 5.69 Å². The molecule has 1 spiro atoms. The first-order chi connectivity index (χ1) is 18.8. The van der Waals surface area contributed by atoms with Crippen LogP contribution in [0.15, 0.2) is 103 Å². The molecule has 0 amide bonds. The topological polar surface area (TPSA) is 25.0 Å². The molecule has 2 unspecified atom stereocenters. The van der Waals surface area contributed by atoms with E-state index in [1.165, 1.54) is 33.5 Å². The van der Waals surface area contributed by atoms with Crippen molar-refractivity contribution < 1.29 is 9.47 Å². The molecule has 0 aromatic heterocycles. The molecule has 38 heavy (non-hydrogen) atoms. The third-order valence-corrected chi connectivity index (χ3v) is 8.90. The van der Waals surface area contributed by atoms with Crippen molar-refractivity contribution in [2.24, 2.45) is 0 Å². The molecule has 2 aliphatic heterocycles. The first kappa shape index (κ1) is 23.5. The van der Waals surface area contributed by atoms with Gasteiger partial charge in [-0.2, -0.15) is 0 Å². The third kappa shape index (κ3) is 4.72. The number of anilines is 1. The molecule has 2 atom stereocenters. The molecular formula is C35H35NO2. The Balaban J connectivity index is 1.16. The summed E-state index contributed by atoms with van der Waals surface area (Å²) in [6.45, 7) is 3.73. The van der Waals surface area contributed by atoms with Crippen LogP contribution in [0, 0.1) is 0 Å². The number of hydrogen-bond donors (Lipinski definition) is 0. The second-order valence-electron chi connectivity index (χ2n) is 11.2. The Bertz CT molecular complexity index is 1370. The Morgan fingerprint density at radius 1 is 0.789 bits per heavy atom. The number of benzene rings is 4. The van der Waals surface area contributed by atoms with Crippen molar-refractivity contribution in [2.75, 3.05) is 24.6 Å². The fourth-order valence-corrected chi connectivity index (χ4v) is 6.55. The van der Waals surface area contributed by atoms with E-state index >= 15 is 0 Å². The van der Waals surface area contributed by atoms with Crippen molar-refractivity contribution in [2.45, 2.75) is 49.7 Å². The molecule has 0 radical (unpaired) electrons. The van der Waals surface area contributed by atoms with Gasteiger partial charge in [0.25, 0.3) is 0 Å². The van der Waals surface area contributed by atoms with E-state index in [-0.39, 0.29) is 5.60 Å². The zero-order chi connectivity index (χ0) is 25.4. The molecule has 4 aromatic carbocycles. The summed E-state index contributed by atoms with van der Waals surface area (Å²) in [5.41, 5.74) is 8.44. The number of rotatable bonds is 6. The van der Waals surface area contributed by atoms with Gasteiger partial charge in [0.05, 0.1) is 12.2 Å². The first-order valence-electron chi connectivity index (χ1n) is 14.1. The van der Waals surface area contributed by atoms with Crippen LogP contribution in [0.3, 0.4) is 0 Å². The Morgan fingerprint density at radius 3 is 2.21 bits per heavy atom. The Hall–Kier alpha value is -3.56. The highest BCUT2D eigenvalue weighted by atomic mass is 16.6. The summed E-state index contributed by atoms with van der Waals surface area (Å²) in [6.07, 6.45) is 4.51. The van der Waals surface area contributed by atoms with Crippen LogP contribution in [-0.4, -0.2) is 25.3 Å². The van der Waals surface area contributed by atoms with Crippen molar-refractivity contribution in [3.8, 4) is 5.75 Å². The highest BCUT2D eigenvalue weighted by Crippen LogP contribution is 2.47. The lowest BCUT2D eigenvalue weighted by Gasteiger charge is -2.36. The minimum Gasteiger partial charge on any atom is -0.489 e. The zero-order valence-corrected chi connectivity index (χ0v) is 21.9. The SMILES string of the molecule is c1ccc(COc2ccc3c(c2)CCC(c2ccccc2)C3c2ccc(N3CCC4(CC3)CO4)cc2)cc1. The fraction of sp³-hybridized carbons (Fsp3) is 0.314. The highest BCUT2D eigenvalue weighted by Gasteiger charge is 2.46. The Morgan fingerprint density at radius 2 is 1.50 bits per heavy atom. The van der Waals surface area contributed by atoms with E-state index in [1.807, 2.05) is 6.07 Å². The molecule has 0 N–H and O–H groups in total. The predicted molar refractivity (Wildman–Crippen MR) is 153 cm³/mol. The number of epoxide rings is 1. The zero-order valence-electron chi connectivity index (χ0n) is 21.9. The predicted octanol–water partition coefficient (Wildman–Crippen LogP) is 7.50. The lowest BCUT2D eigenvalue weighted by Crippen LogP contribution is -2.37. The van der Waals surface area contributed by atoms with E-state index in [2.05, 4.69) is 102 Å². The second kappa shape index (κ2) is 9.96. The van der Waals surface area contributed by atoms with Gasteiger partial charge < -0.3 is 14.4 Å². The first-order valence-corrected chi connectivity index (χ1v) is 14.1. The van der Waals surface area contributed by atoms with Crippen LogP contribution in [-0.2, 0) is 17.8 Å². The summed E-state index contributed by atoms with van der Waals surface area (Å²) in [6, 6.07) is 37.7. The number of hydrogen-bond acceptors (Lipinski definition) is 3. The third-order valence-electron chi connectivity index (χ3n) is 8.90. The summed E-state index contributed by atoms with van der Waals surface area (Å²) < 4.78 is 11.9. The summed E-state index contributed by atoms with van der Waals surface area (Å²) in [7, 11) is 0. The number of piperidine rings is 1. The molecule has 2 saturated heterocycles. The molecule has 1 aliphatic carbocycles. The molecule has 3 heteroatoms. The van der Waals surface area contributed by atoms with Crippen LogP contribution < -0.4 is 9.64 Å². The molecule has 4 aromatic rings. The largest absolute Gasteiger partial charge is 0.489 e. The Labute approximate surface area is 226 Å². The quantitative estimate of drug-likeness (QED) is 0.256. The van der Waals surface area contributed by atoms with Gasteiger partial charge in [0, 0.05) is 24.7 Å². The van der Waals surface area contributed by atoms with E-state index in [1.54, 1.807) is 0 Å². The minimum absolute atomic E-state index is 0.217. The lowest BCUT2D eigenvalue weighted by molar-refractivity contribution is 0.258. The van der Waals surface area contributed by atoms with Gasteiger partial charge in [-0.15, -0.1) is 0 Å². The van der Waals surface area contributed by atoms with E-state index in [0.29, 0.717) is 18.4 Å². The van der Waals surface area contributed by atoms with Crippen molar-refractivity contribution >= 4 is 5.69 Å². The number of aryl methyl sites for hydroxylation is 1. The molecule has 192 valence electrons. The van der Waals surface area contributed by atoms with Crippen molar-refractivity contribution in [1.29, 1.82) is 0 Å². The maximum atomic E-state index is 6.20. The van der Waals surface area contributed by atoms with Gasteiger partial charge in [0.2, 0.25) is 0 Å². The molecule has 2 fully saturated rings. The second-order valence-corrected chi connectivity index (χ2v) is 11.2. The average molecular weight is 502 g/mol. The van der Waals surface area contributed by atoms with E-state index in [9.17, 15) is 0 Å². The number of fused-ring (bicyclic) bond motifs is 1. The summed E-state index contributed by atoms with van der Waals surface area (Å²) in [5.74, 6) is 1.76. The molecule has 2 heterocycles. The van der Waals surface area contributed by atoms with Gasteiger partial charge >= 0.3 is 0 Å². The van der Waals surface area contributed by atoms with Crippen LogP contribution >= 0.6 is 0 Å². The van der Waals surface area contributed by atoms with Crippen molar-refractivity contribution in [3.05, 3.63) is 131 Å². The summed E-state index contributed by atoms with van der Waals surface area (Å²) in [5, 5.41) is 0. The smallest absolute Gasteiger partial charge is 0.120 e. The standard InChI is InChI=1S/C35H35NO2/c1-3-7-26(8-4-1)24-37-31-16-18-33-29(23-31)13-17-32(27-9-5-2-6-10-27)34(33)28-11-14-30(15-12-28)36-21-19-35(20-22-36)25-38-35/h1-12,14-16,18,23,32,34H,13,17,19-22,24-25H2. The average Bonchev–Trinajstić information content (AvgIpc) is 3.75. The van der Waals surface area contributed by atoms with Gasteiger partial charge in [-0.1, -0.05) is 78.9 Å². The van der Waals surface area contributed by atoms with Crippen molar-refractivity contribution in [1.82, 2.24) is 0 Å². The molecule has 3 aliphatic rings. The maximum Gasteiger partial charge on any atom is 0.120 e. The molecule has 7 rings (SSSR count).